The molecule has 1 heterocycles. The second-order valence-electron chi connectivity index (χ2n) is 3.46. The average molecular weight is 147 g/mol. The molecule has 1 fully saturated rings. The largest absolute Gasteiger partial charge is 0.258 e. The summed E-state index contributed by atoms with van der Waals surface area (Å²) in [6.07, 6.45) is 2.76. The zero-order valence-electron chi connectivity index (χ0n) is 7.09. The van der Waals surface area contributed by atoms with Crippen LogP contribution in [-0.4, -0.2) is 4.98 Å². The van der Waals surface area contributed by atoms with Crippen LogP contribution in [0.1, 0.15) is 35.7 Å². The first-order valence-corrected chi connectivity index (χ1v) is 4.21. The lowest BCUT2D eigenvalue weighted by Crippen LogP contribution is -1.89. The van der Waals surface area contributed by atoms with Gasteiger partial charge in [0.1, 0.15) is 0 Å². The number of hydrogen-bond donors (Lipinski definition) is 0. The quantitative estimate of drug-likeness (QED) is 0.595. The van der Waals surface area contributed by atoms with Gasteiger partial charge in [0.25, 0.3) is 0 Å². The van der Waals surface area contributed by atoms with E-state index in [1.165, 1.54) is 18.4 Å². The molecule has 0 amide bonds. The highest BCUT2D eigenvalue weighted by atomic mass is 14.7. The highest BCUT2D eigenvalue weighted by Gasteiger charge is 2.23. The van der Waals surface area contributed by atoms with Crippen molar-refractivity contribution in [2.75, 3.05) is 0 Å². The lowest BCUT2D eigenvalue weighted by Gasteiger charge is -2.00. The van der Waals surface area contributed by atoms with Crippen molar-refractivity contribution in [3.05, 3.63) is 29.1 Å². The lowest BCUT2D eigenvalue weighted by atomic mass is 10.1. The maximum Gasteiger partial charge on any atom is 0.0378 e. The van der Waals surface area contributed by atoms with Crippen LogP contribution in [0.5, 0.6) is 0 Å². The van der Waals surface area contributed by atoms with Crippen LogP contribution in [0.3, 0.4) is 0 Å². The second-order valence-corrected chi connectivity index (χ2v) is 3.46. The van der Waals surface area contributed by atoms with E-state index < -0.39 is 0 Å². The van der Waals surface area contributed by atoms with Crippen molar-refractivity contribution in [2.45, 2.75) is 32.6 Å². The topological polar surface area (TPSA) is 12.9 Å². The zero-order chi connectivity index (χ0) is 7.84. The van der Waals surface area contributed by atoms with E-state index in [1.807, 2.05) is 0 Å². The Morgan fingerprint density at radius 3 is 2.18 bits per heavy atom. The van der Waals surface area contributed by atoms with E-state index in [1.54, 1.807) is 0 Å². The third-order valence-electron chi connectivity index (χ3n) is 2.15. The van der Waals surface area contributed by atoms with Crippen LogP contribution in [-0.2, 0) is 0 Å². The average Bonchev–Trinajstić information content (AvgIpc) is 2.64. The molecule has 1 saturated carbocycles. The molecule has 1 aliphatic carbocycles. The van der Waals surface area contributed by atoms with Gasteiger partial charge in [-0.15, -0.1) is 0 Å². The molecule has 1 heteroatoms. The molecule has 0 unspecified atom stereocenters. The van der Waals surface area contributed by atoms with Gasteiger partial charge in [-0.05, 0) is 50.3 Å². The van der Waals surface area contributed by atoms with Crippen molar-refractivity contribution in [1.29, 1.82) is 0 Å². The standard InChI is InChI=1S/C10H13N/c1-7-5-10(9-3-4-9)6-8(2)11-7/h5-6,9H,3-4H2,1-2H3. The molecule has 0 N–H and O–H groups in total. The first-order chi connectivity index (χ1) is 5.25. The van der Waals surface area contributed by atoms with Crippen molar-refractivity contribution in [1.82, 2.24) is 4.98 Å². The number of pyridine rings is 1. The monoisotopic (exact) mass is 147 g/mol. The van der Waals surface area contributed by atoms with Gasteiger partial charge >= 0.3 is 0 Å². The summed E-state index contributed by atoms with van der Waals surface area (Å²) in [6, 6.07) is 4.43. The minimum atomic E-state index is 0.857. The molecule has 1 nitrogen and oxygen atoms in total. The second kappa shape index (κ2) is 2.33. The van der Waals surface area contributed by atoms with Crippen molar-refractivity contribution < 1.29 is 0 Å². The summed E-state index contributed by atoms with van der Waals surface area (Å²) in [6.45, 7) is 4.14. The Hall–Kier alpha value is -0.850. The van der Waals surface area contributed by atoms with E-state index in [0.717, 1.165) is 17.3 Å². The zero-order valence-corrected chi connectivity index (χ0v) is 7.09. The number of aromatic nitrogens is 1. The Balaban J connectivity index is 2.39. The maximum absolute atomic E-state index is 4.34. The molecule has 0 aromatic carbocycles. The molecule has 0 aliphatic heterocycles. The van der Waals surface area contributed by atoms with Crippen molar-refractivity contribution in [3.8, 4) is 0 Å². The van der Waals surface area contributed by atoms with Gasteiger partial charge in [0.2, 0.25) is 0 Å². The smallest absolute Gasteiger partial charge is 0.0378 e. The number of rotatable bonds is 1. The van der Waals surface area contributed by atoms with Gasteiger partial charge in [0.15, 0.2) is 0 Å². The van der Waals surface area contributed by atoms with Gasteiger partial charge in [0, 0.05) is 11.4 Å². The summed E-state index contributed by atoms with van der Waals surface area (Å²) >= 11 is 0. The number of nitrogens with zero attached hydrogens (tertiary/aromatic N) is 1. The van der Waals surface area contributed by atoms with Crippen LogP contribution in [0.2, 0.25) is 0 Å². The Morgan fingerprint density at radius 1 is 1.18 bits per heavy atom. The summed E-state index contributed by atoms with van der Waals surface area (Å²) in [4.78, 5) is 4.34. The molecular formula is C10H13N. The summed E-state index contributed by atoms with van der Waals surface area (Å²) in [7, 11) is 0. The van der Waals surface area contributed by atoms with E-state index in [9.17, 15) is 0 Å². The van der Waals surface area contributed by atoms with Crippen LogP contribution in [0, 0.1) is 13.8 Å². The molecule has 0 spiro atoms. The first-order valence-electron chi connectivity index (χ1n) is 4.21. The van der Waals surface area contributed by atoms with Gasteiger partial charge in [-0.2, -0.15) is 0 Å². The Kier molecular flexibility index (Phi) is 1.45. The van der Waals surface area contributed by atoms with E-state index in [2.05, 4.69) is 31.0 Å². The molecule has 1 aromatic heterocycles. The fraction of sp³-hybridized carbons (Fsp3) is 0.500. The molecule has 0 bridgehead atoms. The van der Waals surface area contributed by atoms with Crippen LogP contribution < -0.4 is 0 Å². The summed E-state index contributed by atoms with van der Waals surface area (Å²) in [5.41, 5.74) is 3.81. The highest BCUT2D eigenvalue weighted by Crippen LogP contribution is 2.40. The predicted octanol–water partition coefficient (Wildman–Crippen LogP) is 2.58. The number of hydrogen-bond acceptors (Lipinski definition) is 1. The minimum absolute atomic E-state index is 0.857. The Bertz CT molecular complexity index is 254. The molecule has 11 heavy (non-hydrogen) atoms. The fourth-order valence-electron chi connectivity index (χ4n) is 1.52. The summed E-state index contributed by atoms with van der Waals surface area (Å²) < 4.78 is 0. The molecule has 0 saturated heterocycles. The third-order valence-corrected chi connectivity index (χ3v) is 2.15. The van der Waals surface area contributed by atoms with E-state index >= 15 is 0 Å². The van der Waals surface area contributed by atoms with Crippen LogP contribution in [0.4, 0.5) is 0 Å². The molecule has 2 rings (SSSR count). The SMILES string of the molecule is Cc1cc(C2CC2)cc(C)n1. The van der Waals surface area contributed by atoms with Crippen LogP contribution in [0.15, 0.2) is 12.1 Å². The lowest BCUT2D eigenvalue weighted by molar-refractivity contribution is 1.04. The van der Waals surface area contributed by atoms with Crippen molar-refractivity contribution in [2.24, 2.45) is 0 Å². The Morgan fingerprint density at radius 2 is 1.73 bits per heavy atom. The van der Waals surface area contributed by atoms with Crippen LogP contribution in [0.25, 0.3) is 0 Å². The minimum Gasteiger partial charge on any atom is -0.258 e. The maximum atomic E-state index is 4.34. The molecule has 1 aliphatic rings. The fourth-order valence-corrected chi connectivity index (χ4v) is 1.52. The molecule has 58 valence electrons. The molecule has 0 radical (unpaired) electrons. The third kappa shape index (κ3) is 1.42. The van der Waals surface area contributed by atoms with Crippen LogP contribution >= 0.6 is 0 Å². The van der Waals surface area contributed by atoms with Gasteiger partial charge in [0.05, 0.1) is 0 Å². The van der Waals surface area contributed by atoms with E-state index in [4.69, 9.17) is 0 Å². The van der Waals surface area contributed by atoms with E-state index in [0.29, 0.717) is 0 Å². The molecular weight excluding hydrogens is 134 g/mol. The van der Waals surface area contributed by atoms with E-state index in [-0.39, 0.29) is 0 Å². The van der Waals surface area contributed by atoms with Crippen molar-refractivity contribution >= 4 is 0 Å². The molecule has 1 aromatic rings. The first kappa shape index (κ1) is 6.84. The number of aryl methyl sites for hydroxylation is 2. The highest BCUT2D eigenvalue weighted by molar-refractivity contribution is 5.26. The molecule has 0 atom stereocenters. The van der Waals surface area contributed by atoms with Gasteiger partial charge in [-0.1, -0.05) is 0 Å². The predicted molar refractivity (Wildman–Crippen MR) is 45.7 cm³/mol. The normalized spacial score (nSPS) is 16.9. The Labute approximate surface area is 67.5 Å². The summed E-state index contributed by atoms with van der Waals surface area (Å²) in [5, 5.41) is 0. The van der Waals surface area contributed by atoms with Gasteiger partial charge in [-0.25, -0.2) is 0 Å². The van der Waals surface area contributed by atoms with Gasteiger partial charge in [-0.3, -0.25) is 4.98 Å². The van der Waals surface area contributed by atoms with Gasteiger partial charge < -0.3 is 0 Å². The van der Waals surface area contributed by atoms with Crippen molar-refractivity contribution in [3.63, 3.8) is 0 Å². The summed E-state index contributed by atoms with van der Waals surface area (Å²) in [5.74, 6) is 0.857.